The van der Waals surface area contributed by atoms with Gasteiger partial charge >= 0.3 is 0 Å². The lowest BCUT2D eigenvalue weighted by Crippen LogP contribution is -2.14. The van der Waals surface area contributed by atoms with Gasteiger partial charge in [0.2, 0.25) is 0 Å². The first-order valence-electron chi connectivity index (χ1n) is 4.00. The molecular formula is C9H13NO3. The predicted molar refractivity (Wildman–Crippen MR) is 48.5 cm³/mol. The molecule has 1 aromatic rings. The van der Waals surface area contributed by atoms with E-state index in [9.17, 15) is 0 Å². The van der Waals surface area contributed by atoms with E-state index in [2.05, 4.69) is 10.3 Å². The fourth-order valence-electron chi connectivity index (χ4n) is 1.02. The largest absolute Gasteiger partial charge is 0.504 e. The molecule has 4 nitrogen and oxygen atoms in total. The van der Waals surface area contributed by atoms with Gasteiger partial charge in [-0.25, -0.2) is 5.48 Å². The van der Waals surface area contributed by atoms with Gasteiger partial charge in [-0.1, -0.05) is 6.07 Å². The Morgan fingerprint density at radius 1 is 1.31 bits per heavy atom. The quantitative estimate of drug-likeness (QED) is 0.367. The average Bonchev–Trinajstić information content (AvgIpc) is 2.12. The molecule has 0 unspecified atom stereocenters. The number of phenols is 2. The van der Waals surface area contributed by atoms with E-state index in [1.807, 2.05) is 0 Å². The van der Waals surface area contributed by atoms with Crippen LogP contribution in [-0.2, 0) is 11.3 Å². The summed E-state index contributed by atoms with van der Waals surface area (Å²) in [6.07, 6.45) is 0.738. The van der Waals surface area contributed by atoms with Crippen molar-refractivity contribution in [1.82, 2.24) is 5.48 Å². The molecule has 0 heterocycles. The number of phenolic OH excluding ortho intramolecular Hbond substituents is 2. The molecule has 72 valence electrons. The fourth-order valence-corrected chi connectivity index (χ4v) is 1.02. The molecule has 0 spiro atoms. The first kappa shape index (κ1) is 9.83. The summed E-state index contributed by atoms with van der Waals surface area (Å²) in [5.74, 6) is -0.182. The van der Waals surface area contributed by atoms with Crippen LogP contribution in [0.5, 0.6) is 11.5 Å². The number of aromatic hydroxyl groups is 2. The molecule has 1 rings (SSSR count). The van der Waals surface area contributed by atoms with E-state index >= 15 is 0 Å². The van der Waals surface area contributed by atoms with Gasteiger partial charge in [-0.15, -0.1) is 0 Å². The first-order chi connectivity index (χ1) is 6.24. The van der Waals surface area contributed by atoms with Crippen molar-refractivity contribution in [1.29, 1.82) is 0 Å². The lowest BCUT2D eigenvalue weighted by Gasteiger charge is -2.03. The van der Waals surface area contributed by atoms with Gasteiger partial charge in [-0.05, 0) is 24.1 Å². The first-order valence-corrected chi connectivity index (χ1v) is 4.00. The summed E-state index contributed by atoms with van der Waals surface area (Å²) >= 11 is 0. The normalized spacial score (nSPS) is 10.2. The average molecular weight is 183 g/mol. The standard InChI is InChI=1S/C9H13NO3/c1-13-10-5-4-7-2-3-8(11)9(12)6-7/h2-3,6,10-12H,4-5H2,1H3. The lowest BCUT2D eigenvalue weighted by molar-refractivity contribution is 0.0928. The smallest absolute Gasteiger partial charge is 0.157 e. The Balaban J connectivity index is 2.53. The Hall–Kier alpha value is -1.26. The van der Waals surface area contributed by atoms with Crippen LogP contribution in [0, 0.1) is 0 Å². The second-order valence-corrected chi connectivity index (χ2v) is 2.67. The number of hydrogen-bond acceptors (Lipinski definition) is 4. The van der Waals surface area contributed by atoms with Gasteiger partial charge in [0.15, 0.2) is 11.5 Å². The molecular weight excluding hydrogens is 170 g/mol. The van der Waals surface area contributed by atoms with Crippen LogP contribution >= 0.6 is 0 Å². The van der Waals surface area contributed by atoms with Crippen LogP contribution in [0.15, 0.2) is 18.2 Å². The summed E-state index contributed by atoms with van der Waals surface area (Å²) < 4.78 is 0. The molecule has 13 heavy (non-hydrogen) atoms. The van der Waals surface area contributed by atoms with E-state index in [4.69, 9.17) is 10.2 Å². The maximum atomic E-state index is 9.15. The topological polar surface area (TPSA) is 61.7 Å². The Morgan fingerprint density at radius 2 is 2.08 bits per heavy atom. The van der Waals surface area contributed by atoms with Gasteiger partial charge in [0, 0.05) is 6.54 Å². The van der Waals surface area contributed by atoms with Crippen molar-refractivity contribution in [3.05, 3.63) is 23.8 Å². The maximum absolute atomic E-state index is 9.15. The van der Waals surface area contributed by atoms with Crippen molar-refractivity contribution in [2.45, 2.75) is 6.42 Å². The number of benzene rings is 1. The third kappa shape index (κ3) is 2.93. The summed E-state index contributed by atoms with van der Waals surface area (Å²) in [5.41, 5.74) is 3.63. The highest BCUT2D eigenvalue weighted by atomic mass is 16.6. The van der Waals surface area contributed by atoms with Crippen molar-refractivity contribution in [2.75, 3.05) is 13.7 Å². The molecule has 0 aliphatic carbocycles. The minimum atomic E-state index is -0.0940. The number of nitrogens with one attached hydrogen (secondary N) is 1. The molecule has 0 radical (unpaired) electrons. The molecule has 0 aliphatic rings. The summed E-state index contributed by atoms with van der Waals surface area (Å²) in [6.45, 7) is 0.667. The molecule has 0 saturated carbocycles. The lowest BCUT2D eigenvalue weighted by atomic mass is 10.1. The van der Waals surface area contributed by atoms with E-state index in [-0.39, 0.29) is 11.5 Å². The molecule has 0 fully saturated rings. The third-order valence-corrected chi connectivity index (χ3v) is 1.70. The second-order valence-electron chi connectivity index (χ2n) is 2.67. The molecule has 4 heteroatoms. The molecule has 0 saturated heterocycles. The van der Waals surface area contributed by atoms with Gasteiger partial charge in [0.1, 0.15) is 0 Å². The van der Waals surface area contributed by atoms with Crippen molar-refractivity contribution in [3.63, 3.8) is 0 Å². The zero-order chi connectivity index (χ0) is 9.68. The van der Waals surface area contributed by atoms with Crippen molar-refractivity contribution >= 4 is 0 Å². The third-order valence-electron chi connectivity index (χ3n) is 1.70. The van der Waals surface area contributed by atoms with E-state index in [1.165, 1.54) is 12.1 Å². The summed E-state index contributed by atoms with van der Waals surface area (Å²) in [6, 6.07) is 4.76. The monoisotopic (exact) mass is 183 g/mol. The minimum absolute atomic E-state index is 0.0880. The molecule has 0 aromatic heterocycles. The molecule has 0 aliphatic heterocycles. The summed E-state index contributed by atoms with van der Waals surface area (Å²) in [4.78, 5) is 4.66. The zero-order valence-electron chi connectivity index (χ0n) is 7.45. The van der Waals surface area contributed by atoms with Crippen LogP contribution < -0.4 is 5.48 Å². The number of hydrogen-bond donors (Lipinski definition) is 3. The Kier molecular flexibility index (Phi) is 3.54. The second kappa shape index (κ2) is 4.69. The Bertz CT molecular complexity index is 276. The SMILES string of the molecule is CONCCc1ccc(O)c(O)c1. The predicted octanol–water partition coefficient (Wildman–Crippen LogP) is 0.791. The van der Waals surface area contributed by atoms with Crippen LogP contribution in [-0.4, -0.2) is 23.9 Å². The zero-order valence-corrected chi connectivity index (χ0v) is 7.45. The van der Waals surface area contributed by atoms with Crippen LogP contribution in [0.25, 0.3) is 0 Å². The van der Waals surface area contributed by atoms with Gasteiger partial charge in [-0.3, -0.25) is 0 Å². The van der Waals surface area contributed by atoms with Gasteiger partial charge in [0.05, 0.1) is 7.11 Å². The summed E-state index contributed by atoms with van der Waals surface area (Å²) in [7, 11) is 1.55. The van der Waals surface area contributed by atoms with E-state index in [1.54, 1.807) is 13.2 Å². The number of hydroxylamine groups is 1. The molecule has 1 aromatic carbocycles. The Labute approximate surface area is 76.7 Å². The van der Waals surface area contributed by atoms with E-state index < -0.39 is 0 Å². The summed E-state index contributed by atoms with van der Waals surface area (Å²) in [5, 5.41) is 18.2. The van der Waals surface area contributed by atoms with Crippen molar-refractivity contribution in [2.24, 2.45) is 0 Å². The Morgan fingerprint density at radius 3 is 2.69 bits per heavy atom. The van der Waals surface area contributed by atoms with Crippen LogP contribution in [0.1, 0.15) is 5.56 Å². The maximum Gasteiger partial charge on any atom is 0.157 e. The molecule has 0 atom stereocenters. The van der Waals surface area contributed by atoms with E-state index in [0.29, 0.717) is 6.54 Å². The van der Waals surface area contributed by atoms with E-state index in [0.717, 1.165) is 12.0 Å². The molecule has 3 N–H and O–H groups in total. The fraction of sp³-hybridized carbons (Fsp3) is 0.333. The highest BCUT2D eigenvalue weighted by molar-refractivity contribution is 5.40. The molecule has 0 bridgehead atoms. The van der Waals surface area contributed by atoms with Crippen LogP contribution in [0.2, 0.25) is 0 Å². The van der Waals surface area contributed by atoms with Gasteiger partial charge < -0.3 is 15.1 Å². The highest BCUT2D eigenvalue weighted by Gasteiger charge is 1.99. The van der Waals surface area contributed by atoms with Crippen molar-refractivity contribution < 1.29 is 15.1 Å². The van der Waals surface area contributed by atoms with Crippen LogP contribution in [0.4, 0.5) is 0 Å². The van der Waals surface area contributed by atoms with Gasteiger partial charge in [0.25, 0.3) is 0 Å². The van der Waals surface area contributed by atoms with Gasteiger partial charge in [-0.2, -0.15) is 0 Å². The van der Waals surface area contributed by atoms with Crippen molar-refractivity contribution in [3.8, 4) is 11.5 Å². The van der Waals surface area contributed by atoms with Crippen LogP contribution in [0.3, 0.4) is 0 Å². The highest BCUT2D eigenvalue weighted by Crippen LogP contribution is 2.24. The number of rotatable bonds is 4. The minimum Gasteiger partial charge on any atom is -0.504 e. The molecule has 0 amide bonds.